The molecule has 0 radical (unpaired) electrons. The summed E-state index contributed by atoms with van der Waals surface area (Å²) in [5.41, 5.74) is 2.30. The van der Waals surface area contributed by atoms with Gasteiger partial charge in [0.15, 0.2) is 0 Å². The Labute approximate surface area is 147 Å². The Kier molecular flexibility index (Phi) is 3.18. The summed E-state index contributed by atoms with van der Waals surface area (Å²) in [5.74, 6) is 1.57. The molecule has 1 amide bonds. The van der Waals surface area contributed by atoms with Crippen molar-refractivity contribution >= 4 is 22.9 Å². The van der Waals surface area contributed by atoms with Crippen LogP contribution in [0.1, 0.15) is 63.0 Å². The summed E-state index contributed by atoms with van der Waals surface area (Å²) in [6, 6.07) is 8.17. The highest BCUT2D eigenvalue weighted by Crippen LogP contribution is 2.54. The van der Waals surface area contributed by atoms with Crippen molar-refractivity contribution in [2.75, 3.05) is 5.32 Å². The summed E-state index contributed by atoms with van der Waals surface area (Å²) in [6.45, 7) is 0. The van der Waals surface area contributed by atoms with E-state index in [2.05, 4.69) is 16.0 Å². The van der Waals surface area contributed by atoms with Gasteiger partial charge in [-0.25, -0.2) is 4.98 Å². The quantitative estimate of drug-likeness (QED) is 0.916. The van der Waals surface area contributed by atoms with E-state index in [1.807, 2.05) is 12.1 Å². The third-order valence-electron chi connectivity index (χ3n) is 6.71. The fourth-order valence-corrected chi connectivity index (χ4v) is 5.01. The molecule has 0 spiro atoms. The molecule has 3 saturated carbocycles. The van der Waals surface area contributed by atoms with Crippen molar-refractivity contribution in [3.8, 4) is 6.07 Å². The first kappa shape index (κ1) is 14.9. The van der Waals surface area contributed by atoms with Gasteiger partial charge in [0.05, 0.1) is 22.7 Å². The standard InChI is InChI=1S/C20H22N4O/c21-12-14-4-5-16-17(10-14)24(15-2-1-3-15)19(22-16)23-18(25)20-8-6-13(11-20)7-9-20/h4-5,10,13,15H,1-3,6-9,11H2,(H,22,23,25). The maximum Gasteiger partial charge on any atom is 0.232 e. The highest BCUT2D eigenvalue weighted by Gasteiger charge is 2.50. The maximum atomic E-state index is 13.1. The number of imidazole rings is 1. The topological polar surface area (TPSA) is 70.7 Å². The number of benzene rings is 1. The third-order valence-corrected chi connectivity index (χ3v) is 6.71. The molecular formula is C20H22N4O. The van der Waals surface area contributed by atoms with E-state index >= 15 is 0 Å². The Bertz CT molecular complexity index is 894. The highest BCUT2D eigenvalue weighted by atomic mass is 16.2. The van der Waals surface area contributed by atoms with Crippen LogP contribution in [0.25, 0.3) is 11.0 Å². The second-order valence-corrected chi connectivity index (χ2v) is 8.09. The Hall–Kier alpha value is -2.35. The van der Waals surface area contributed by atoms with Crippen LogP contribution in [0.5, 0.6) is 0 Å². The smallest absolute Gasteiger partial charge is 0.232 e. The number of hydrogen-bond acceptors (Lipinski definition) is 3. The first-order chi connectivity index (χ1) is 12.2. The molecule has 1 aromatic carbocycles. The number of rotatable bonds is 3. The number of nitriles is 1. The van der Waals surface area contributed by atoms with E-state index < -0.39 is 0 Å². The minimum absolute atomic E-state index is 0.156. The van der Waals surface area contributed by atoms with Gasteiger partial charge in [-0.05, 0) is 75.5 Å². The van der Waals surface area contributed by atoms with Crippen LogP contribution in [0, 0.1) is 22.7 Å². The molecule has 5 nitrogen and oxygen atoms in total. The van der Waals surface area contributed by atoms with E-state index in [4.69, 9.17) is 4.98 Å². The molecule has 2 aromatic rings. The lowest BCUT2D eigenvalue weighted by atomic mass is 9.83. The van der Waals surface area contributed by atoms with Crippen LogP contribution in [-0.2, 0) is 4.79 Å². The van der Waals surface area contributed by atoms with Gasteiger partial charge in [-0.2, -0.15) is 5.26 Å². The molecule has 0 atom stereocenters. The molecule has 128 valence electrons. The molecule has 0 aliphatic heterocycles. The number of carbonyl (C=O) groups is 1. The minimum atomic E-state index is -0.162. The number of nitrogens with one attached hydrogen (secondary N) is 1. The predicted molar refractivity (Wildman–Crippen MR) is 95.0 cm³/mol. The molecule has 1 N–H and O–H groups in total. The van der Waals surface area contributed by atoms with Crippen LogP contribution in [0.2, 0.25) is 0 Å². The molecule has 3 aliphatic carbocycles. The van der Waals surface area contributed by atoms with Gasteiger partial charge in [0.2, 0.25) is 11.9 Å². The fourth-order valence-electron chi connectivity index (χ4n) is 5.01. The number of aromatic nitrogens is 2. The number of carbonyl (C=O) groups excluding carboxylic acids is 1. The van der Waals surface area contributed by atoms with Crippen molar-refractivity contribution < 1.29 is 4.79 Å². The normalized spacial score (nSPS) is 28.0. The lowest BCUT2D eigenvalue weighted by Crippen LogP contribution is -2.34. The molecule has 5 rings (SSSR count). The Morgan fingerprint density at radius 2 is 2.08 bits per heavy atom. The largest absolute Gasteiger partial charge is 0.307 e. The van der Waals surface area contributed by atoms with E-state index in [9.17, 15) is 10.1 Å². The summed E-state index contributed by atoms with van der Waals surface area (Å²) >= 11 is 0. The van der Waals surface area contributed by atoms with E-state index in [1.165, 1.54) is 19.3 Å². The molecule has 3 fully saturated rings. The van der Waals surface area contributed by atoms with E-state index in [1.54, 1.807) is 6.07 Å². The molecule has 0 unspecified atom stereocenters. The van der Waals surface area contributed by atoms with Gasteiger partial charge in [-0.1, -0.05) is 0 Å². The zero-order chi connectivity index (χ0) is 17.0. The van der Waals surface area contributed by atoms with Gasteiger partial charge in [0, 0.05) is 11.5 Å². The second-order valence-electron chi connectivity index (χ2n) is 8.09. The van der Waals surface area contributed by atoms with Crippen molar-refractivity contribution in [3.05, 3.63) is 23.8 Å². The first-order valence-electron chi connectivity index (χ1n) is 9.42. The van der Waals surface area contributed by atoms with E-state index in [-0.39, 0.29) is 11.3 Å². The summed E-state index contributed by atoms with van der Waals surface area (Å²) in [5, 5.41) is 12.4. The van der Waals surface area contributed by atoms with Crippen LogP contribution >= 0.6 is 0 Å². The molecule has 25 heavy (non-hydrogen) atoms. The Morgan fingerprint density at radius 1 is 1.28 bits per heavy atom. The SMILES string of the molecule is N#Cc1ccc2nc(NC(=O)C34CCC(CC3)C4)n(C3CCC3)c2c1. The number of amides is 1. The molecule has 2 bridgehead atoms. The van der Waals surface area contributed by atoms with Crippen LogP contribution < -0.4 is 5.32 Å². The lowest BCUT2D eigenvalue weighted by molar-refractivity contribution is -0.125. The Morgan fingerprint density at radius 3 is 2.68 bits per heavy atom. The highest BCUT2D eigenvalue weighted by molar-refractivity contribution is 5.96. The average molecular weight is 334 g/mol. The summed E-state index contributed by atoms with van der Waals surface area (Å²) < 4.78 is 2.16. The third kappa shape index (κ3) is 2.20. The van der Waals surface area contributed by atoms with Gasteiger partial charge in [-0.3, -0.25) is 10.1 Å². The van der Waals surface area contributed by atoms with Crippen LogP contribution in [0.15, 0.2) is 18.2 Å². The predicted octanol–water partition coefficient (Wildman–Crippen LogP) is 4.15. The van der Waals surface area contributed by atoms with Crippen molar-refractivity contribution in [2.24, 2.45) is 11.3 Å². The maximum absolute atomic E-state index is 13.1. The van der Waals surface area contributed by atoms with Crippen LogP contribution in [0.4, 0.5) is 5.95 Å². The molecule has 1 aromatic heterocycles. The number of nitrogens with zero attached hydrogens (tertiary/aromatic N) is 3. The van der Waals surface area contributed by atoms with Gasteiger partial charge >= 0.3 is 0 Å². The van der Waals surface area contributed by atoms with Gasteiger partial charge < -0.3 is 4.57 Å². The zero-order valence-corrected chi connectivity index (χ0v) is 14.3. The van der Waals surface area contributed by atoms with Gasteiger partial charge in [0.25, 0.3) is 0 Å². The summed E-state index contributed by atoms with van der Waals surface area (Å²) in [4.78, 5) is 17.8. The average Bonchev–Trinajstić information content (AvgIpc) is 3.28. The van der Waals surface area contributed by atoms with E-state index in [0.717, 1.165) is 49.1 Å². The molecule has 0 saturated heterocycles. The second kappa shape index (κ2) is 5.32. The van der Waals surface area contributed by atoms with Crippen LogP contribution in [0.3, 0.4) is 0 Å². The van der Waals surface area contributed by atoms with Crippen molar-refractivity contribution in [3.63, 3.8) is 0 Å². The molecule has 3 aliphatic rings. The summed E-state index contributed by atoms with van der Waals surface area (Å²) in [6.07, 6.45) is 8.90. The van der Waals surface area contributed by atoms with Crippen molar-refractivity contribution in [2.45, 2.75) is 57.4 Å². The van der Waals surface area contributed by atoms with Crippen molar-refractivity contribution in [1.29, 1.82) is 5.26 Å². The zero-order valence-electron chi connectivity index (χ0n) is 14.3. The van der Waals surface area contributed by atoms with Gasteiger partial charge in [-0.15, -0.1) is 0 Å². The molecular weight excluding hydrogens is 312 g/mol. The van der Waals surface area contributed by atoms with E-state index in [0.29, 0.717) is 17.6 Å². The number of fused-ring (bicyclic) bond motifs is 3. The summed E-state index contributed by atoms with van der Waals surface area (Å²) in [7, 11) is 0. The number of anilines is 1. The number of hydrogen-bond donors (Lipinski definition) is 1. The fraction of sp³-hybridized carbons (Fsp3) is 0.550. The lowest BCUT2D eigenvalue weighted by Gasteiger charge is -2.30. The first-order valence-corrected chi connectivity index (χ1v) is 9.42. The van der Waals surface area contributed by atoms with Gasteiger partial charge in [0.1, 0.15) is 0 Å². The van der Waals surface area contributed by atoms with Crippen LogP contribution in [-0.4, -0.2) is 15.5 Å². The van der Waals surface area contributed by atoms with Crippen molar-refractivity contribution in [1.82, 2.24) is 9.55 Å². The molecule has 5 heteroatoms. The minimum Gasteiger partial charge on any atom is -0.307 e. The Balaban J connectivity index is 1.54. The monoisotopic (exact) mass is 334 g/mol. The molecule has 1 heterocycles.